The number of hydrogen-bond donors (Lipinski definition) is 0. The normalized spacial score (nSPS) is 14.8. The van der Waals surface area contributed by atoms with Crippen LogP contribution in [0.5, 0.6) is 17.2 Å². The van der Waals surface area contributed by atoms with E-state index in [0.717, 1.165) is 11.1 Å². The summed E-state index contributed by atoms with van der Waals surface area (Å²) >= 11 is 0. The molecule has 0 atom stereocenters. The van der Waals surface area contributed by atoms with Crippen molar-refractivity contribution in [1.82, 2.24) is 0 Å². The number of methoxy groups -OCH3 is 3. The van der Waals surface area contributed by atoms with Crippen molar-refractivity contribution in [2.45, 2.75) is 6.92 Å². The van der Waals surface area contributed by atoms with Crippen molar-refractivity contribution in [2.24, 2.45) is 4.99 Å². The van der Waals surface area contributed by atoms with Gasteiger partial charge in [-0.25, -0.2) is 9.79 Å². The molecule has 6 heteroatoms. The lowest BCUT2D eigenvalue weighted by Gasteiger charge is -2.14. The largest absolute Gasteiger partial charge is 0.493 e. The van der Waals surface area contributed by atoms with E-state index in [1.807, 2.05) is 31.2 Å². The first-order valence-electron chi connectivity index (χ1n) is 7.96. The highest BCUT2D eigenvalue weighted by Gasteiger charge is 2.26. The van der Waals surface area contributed by atoms with Crippen molar-refractivity contribution in [3.63, 3.8) is 0 Å². The van der Waals surface area contributed by atoms with E-state index >= 15 is 0 Å². The highest BCUT2D eigenvalue weighted by atomic mass is 16.6. The average molecular weight is 353 g/mol. The summed E-state index contributed by atoms with van der Waals surface area (Å²) < 4.78 is 21.4. The van der Waals surface area contributed by atoms with Gasteiger partial charge in [0, 0.05) is 11.1 Å². The van der Waals surface area contributed by atoms with Gasteiger partial charge in [0.15, 0.2) is 17.2 Å². The molecule has 134 valence electrons. The molecule has 0 unspecified atom stereocenters. The van der Waals surface area contributed by atoms with Crippen molar-refractivity contribution >= 4 is 17.9 Å². The lowest BCUT2D eigenvalue weighted by molar-refractivity contribution is -0.129. The van der Waals surface area contributed by atoms with E-state index in [9.17, 15) is 4.79 Å². The molecule has 3 rings (SSSR count). The van der Waals surface area contributed by atoms with Crippen LogP contribution < -0.4 is 14.2 Å². The summed E-state index contributed by atoms with van der Waals surface area (Å²) in [6, 6.07) is 11.1. The summed E-state index contributed by atoms with van der Waals surface area (Å²) in [6.07, 6.45) is 1.61. The molecule has 0 aromatic heterocycles. The summed E-state index contributed by atoms with van der Waals surface area (Å²) in [5.74, 6) is 1.20. The summed E-state index contributed by atoms with van der Waals surface area (Å²) in [4.78, 5) is 16.6. The van der Waals surface area contributed by atoms with Crippen molar-refractivity contribution in [2.75, 3.05) is 21.3 Å². The molecule has 26 heavy (non-hydrogen) atoms. The number of rotatable bonds is 5. The van der Waals surface area contributed by atoms with Crippen molar-refractivity contribution in [3.05, 3.63) is 58.8 Å². The number of aliphatic imine (C=N–C) groups is 1. The van der Waals surface area contributed by atoms with Gasteiger partial charge in [-0.1, -0.05) is 18.2 Å². The molecular formula is C20H19NO5. The summed E-state index contributed by atoms with van der Waals surface area (Å²) in [7, 11) is 4.59. The quantitative estimate of drug-likeness (QED) is 0.609. The van der Waals surface area contributed by atoms with Crippen LogP contribution in [0.4, 0.5) is 0 Å². The molecule has 0 saturated heterocycles. The van der Waals surface area contributed by atoms with Crippen LogP contribution >= 0.6 is 0 Å². The molecule has 0 spiro atoms. The van der Waals surface area contributed by atoms with E-state index in [0.29, 0.717) is 28.7 Å². The number of esters is 1. The molecule has 0 bridgehead atoms. The number of carbonyl (C=O) groups excluding carboxylic acids is 1. The van der Waals surface area contributed by atoms with Gasteiger partial charge in [-0.05, 0) is 36.8 Å². The lowest BCUT2D eigenvalue weighted by Crippen LogP contribution is -2.06. The maximum absolute atomic E-state index is 12.2. The van der Waals surface area contributed by atoms with Crippen LogP contribution in [0.15, 0.2) is 47.1 Å². The van der Waals surface area contributed by atoms with E-state index in [4.69, 9.17) is 18.9 Å². The Balaban J connectivity index is 2.05. The second-order valence-corrected chi connectivity index (χ2v) is 5.57. The minimum atomic E-state index is -0.514. The van der Waals surface area contributed by atoms with Gasteiger partial charge in [0.05, 0.1) is 21.3 Å². The fourth-order valence-electron chi connectivity index (χ4n) is 2.72. The second-order valence-electron chi connectivity index (χ2n) is 5.57. The van der Waals surface area contributed by atoms with Crippen molar-refractivity contribution < 1.29 is 23.7 Å². The van der Waals surface area contributed by atoms with Crippen LogP contribution in [0.1, 0.15) is 16.7 Å². The van der Waals surface area contributed by atoms with Crippen LogP contribution in [-0.2, 0) is 9.53 Å². The summed E-state index contributed by atoms with van der Waals surface area (Å²) in [6.45, 7) is 1.94. The smallest absolute Gasteiger partial charge is 0.363 e. The number of nitrogens with zero attached hydrogens (tertiary/aromatic N) is 1. The lowest BCUT2D eigenvalue weighted by atomic mass is 10.1. The van der Waals surface area contributed by atoms with Crippen LogP contribution in [0.25, 0.3) is 6.08 Å². The molecule has 0 N–H and O–H groups in total. The number of cyclic esters (lactones) is 1. The zero-order chi connectivity index (χ0) is 18.7. The van der Waals surface area contributed by atoms with Gasteiger partial charge in [0.2, 0.25) is 11.6 Å². The van der Waals surface area contributed by atoms with Gasteiger partial charge in [0.1, 0.15) is 0 Å². The Morgan fingerprint density at radius 3 is 2.35 bits per heavy atom. The molecule has 1 aliphatic rings. The molecule has 0 saturated carbocycles. The van der Waals surface area contributed by atoms with Gasteiger partial charge in [-0.15, -0.1) is 0 Å². The average Bonchev–Trinajstić information content (AvgIpc) is 3.01. The molecule has 0 fully saturated rings. The predicted octanol–water partition coefficient (Wildman–Crippen LogP) is 3.37. The molecule has 2 aromatic carbocycles. The molecule has 0 aliphatic carbocycles. The number of ether oxygens (including phenoxy) is 4. The Labute approximate surface area is 151 Å². The zero-order valence-electron chi connectivity index (χ0n) is 15.0. The molecule has 1 heterocycles. The van der Waals surface area contributed by atoms with E-state index in [1.165, 1.54) is 14.2 Å². The van der Waals surface area contributed by atoms with Crippen LogP contribution in [0.2, 0.25) is 0 Å². The van der Waals surface area contributed by atoms with Gasteiger partial charge in [0.25, 0.3) is 0 Å². The van der Waals surface area contributed by atoms with Gasteiger partial charge in [-0.3, -0.25) is 0 Å². The van der Waals surface area contributed by atoms with E-state index in [-0.39, 0.29) is 5.70 Å². The maximum atomic E-state index is 12.2. The predicted molar refractivity (Wildman–Crippen MR) is 97.9 cm³/mol. The van der Waals surface area contributed by atoms with Crippen LogP contribution in [0.3, 0.4) is 0 Å². The zero-order valence-corrected chi connectivity index (χ0v) is 15.0. The first-order valence-corrected chi connectivity index (χ1v) is 7.96. The van der Waals surface area contributed by atoms with E-state index in [2.05, 4.69) is 4.99 Å². The minimum absolute atomic E-state index is 0.189. The number of hydrogen-bond acceptors (Lipinski definition) is 6. The number of aryl methyl sites for hydroxylation is 1. The standard InChI is InChI=1S/C20H19NO5/c1-12-7-5-6-8-14(12)19-21-15(20(22)26-19)11-13-9-10-16(23-2)18(25-4)17(13)24-3/h5-11H,1-4H3/b15-11+. The van der Waals surface area contributed by atoms with Crippen molar-refractivity contribution in [3.8, 4) is 17.2 Å². The van der Waals surface area contributed by atoms with E-state index < -0.39 is 5.97 Å². The highest BCUT2D eigenvalue weighted by Crippen LogP contribution is 2.40. The minimum Gasteiger partial charge on any atom is -0.493 e. The molecular weight excluding hydrogens is 334 g/mol. The summed E-state index contributed by atoms with van der Waals surface area (Å²) in [5, 5.41) is 0. The molecule has 0 amide bonds. The van der Waals surface area contributed by atoms with Gasteiger partial charge in [-0.2, -0.15) is 0 Å². The van der Waals surface area contributed by atoms with Crippen LogP contribution in [0, 0.1) is 6.92 Å². The first-order chi connectivity index (χ1) is 12.6. The Bertz CT molecular complexity index is 914. The van der Waals surface area contributed by atoms with Gasteiger partial charge < -0.3 is 18.9 Å². The third kappa shape index (κ3) is 3.13. The number of benzene rings is 2. The SMILES string of the molecule is COc1ccc(/C=C2/N=C(c3ccccc3C)OC2=O)c(OC)c1OC. The fraction of sp³-hybridized carbons (Fsp3) is 0.200. The molecule has 1 aliphatic heterocycles. The van der Waals surface area contributed by atoms with E-state index in [1.54, 1.807) is 25.3 Å². The Kier molecular flexibility index (Phi) is 4.93. The highest BCUT2D eigenvalue weighted by molar-refractivity contribution is 6.13. The molecule has 6 nitrogen and oxygen atoms in total. The Morgan fingerprint density at radius 1 is 0.962 bits per heavy atom. The van der Waals surface area contributed by atoms with Gasteiger partial charge >= 0.3 is 5.97 Å². The third-order valence-electron chi connectivity index (χ3n) is 4.02. The third-order valence-corrected chi connectivity index (χ3v) is 4.02. The molecule has 0 radical (unpaired) electrons. The number of carbonyl (C=O) groups is 1. The Morgan fingerprint density at radius 2 is 1.69 bits per heavy atom. The summed E-state index contributed by atoms with van der Waals surface area (Å²) in [5.41, 5.74) is 2.58. The topological polar surface area (TPSA) is 66.4 Å². The fourth-order valence-corrected chi connectivity index (χ4v) is 2.72. The Hall–Kier alpha value is -3.28. The molecule has 2 aromatic rings. The van der Waals surface area contributed by atoms with Crippen LogP contribution in [-0.4, -0.2) is 33.2 Å². The first kappa shape index (κ1) is 17.5. The van der Waals surface area contributed by atoms with Crippen molar-refractivity contribution in [1.29, 1.82) is 0 Å². The monoisotopic (exact) mass is 353 g/mol. The maximum Gasteiger partial charge on any atom is 0.363 e. The second kappa shape index (κ2) is 7.31.